The Hall–Kier alpha value is -2.88. The third-order valence-corrected chi connectivity index (χ3v) is 3.82. The Morgan fingerprint density at radius 1 is 1.00 bits per heavy atom. The van der Waals surface area contributed by atoms with Crippen LogP contribution >= 0.6 is 0 Å². The zero-order chi connectivity index (χ0) is 16.1. The van der Waals surface area contributed by atoms with Gasteiger partial charge in [-0.1, -0.05) is 24.3 Å². The Morgan fingerprint density at radius 2 is 1.61 bits per heavy atom. The molecule has 4 nitrogen and oxygen atoms in total. The number of rotatable bonds is 5. The quantitative estimate of drug-likeness (QED) is 0.678. The molecule has 116 valence electrons. The Labute approximate surface area is 135 Å². The van der Waals surface area contributed by atoms with Crippen molar-refractivity contribution < 1.29 is 9.53 Å². The molecule has 23 heavy (non-hydrogen) atoms. The van der Waals surface area contributed by atoms with Gasteiger partial charge in [0.25, 0.3) is 0 Å². The van der Waals surface area contributed by atoms with Crippen LogP contribution in [0.25, 0.3) is 5.69 Å². The van der Waals surface area contributed by atoms with Crippen molar-refractivity contribution in [2.45, 2.75) is 12.8 Å². The molecule has 3 aromatic rings. The number of hydrogen-bond acceptors (Lipinski definition) is 3. The average molecular weight is 306 g/mol. The molecule has 0 N–H and O–H groups in total. The van der Waals surface area contributed by atoms with Crippen molar-refractivity contribution in [3.05, 3.63) is 83.9 Å². The van der Waals surface area contributed by atoms with Gasteiger partial charge >= 0.3 is 5.97 Å². The molecular weight excluding hydrogens is 288 g/mol. The third-order valence-electron chi connectivity index (χ3n) is 3.82. The second-order valence-corrected chi connectivity index (χ2v) is 5.32. The van der Waals surface area contributed by atoms with Crippen LogP contribution in [0.3, 0.4) is 0 Å². The van der Waals surface area contributed by atoms with E-state index in [-0.39, 0.29) is 5.97 Å². The highest BCUT2D eigenvalue weighted by molar-refractivity contribution is 5.89. The zero-order valence-electron chi connectivity index (χ0n) is 13.0. The van der Waals surface area contributed by atoms with E-state index in [0.717, 1.165) is 18.5 Å². The van der Waals surface area contributed by atoms with Gasteiger partial charge in [-0.2, -0.15) is 0 Å². The summed E-state index contributed by atoms with van der Waals surface area (Å²) in [7, 11) is 1.39. The Kier molecular flexibility index (Phi) is 4.52. The highest BCUT2D eigenvalue weighted by atomic mass is 16.5. The molecule has 1 aromatic heterocycles. The van der Waals surface area contributed by atoms with Gasteiger partial charge in [0.15, 0.2) is 0 Å². The van der Waals surface area contributed by atoms with Crippen molar-refractivity contribution in [2.75, 3.05) is 7.11 Å². The lowest BCUT2D eigenvalue weighted by Crippen LogP contribution is -2.01. The van der Waals surface area contributed by atoms with Crippen molar-refractivity contribution >= 4 is 5.97 Å². The van der Waals surface area contributed by atoms with Crippen LogP contribution in [0.2, 0.25) is 0 Å². The molecule has 0 atom stereocenters. The number of ether oxygens (including phenoxy) is 1. The number of methoxy groups -OCH3 is 1. The number of aryl methyl sites for hydroxylation is 2. The summed E-state index contributed by atoms with van der Waals surface area (Å²) in [6.45, 7) is 0. The lowest BCUT2D eigenvalue weighted by molar-refractivity contribution is 0.0600. The molecule has 0 bridgehead atoms. The predicted molar refractivity (Wildman–Crippen MR) is 88.8 cm³/mol. The number of hydrogen-bond donors (Lipinski definition) is 0. The van der Waals surface area contributed by atoms with E-state index >= 15 is 0 Å². The molecule has 0 amide bonds. The summed E-state index contributed by atoms with van der Waals surface area (Å²) in [5.41, 5.74) is 4.18. The van der Waals surface area contributed by atoms with E-state index in [4.69, 9.17) is 4.74 Å². The Balaban J connectivity index is 1.61. The SMILES string of the molecule is COC(=O)c1ccc(CCc2ccc(-n3ccnc3)cc2)cc1. The van der Waals surface area contributed by atoms with Crippen molar-refractivity contribution in [3.8, 4) is 5.69 Å². The smallest absolute Gasteiger partial charge is 0.337 e. The molecule has 0 saturated carbocycles. The maximum atomic E-state index is 11.4. The standard InChI is InChI=1S/C19H18N2O2/c1-23-19(22)17-8-4-15(5-9-17)2-3-16-6-10-18(11-7-16)21-13-12-20-14-21/h4-14H,2-3H2,1H3. The van der Waals surface area contributed by atoms with Crippen molar-refractivity contribution in [2.24, 2.45) is 0 Å². The summed E-state index contributed by atoms with van der Waals surface area (Å²) in [6, 6.07) is 16.0. The van der Waals surface area contributed by atoms with Gasteiger partial charge in [-0.3, -0.25) is 0 Å². The highest BCUT2D eigenvalue weighted by Gasteiger charge is 2.04. The van der Waals surface area contributed by atoms with Crippen LogP contribution < -0.4 is 0 Å². The van der Waals surface area contributed by atoms with Crippen LogP contribution in [-0.2, 0) is 17.6 Å². The number of aromatic nitrogens is 2. The van der Waals surface area contributed by atoms with E-state index in [1.54, 1.807) is 12.5 Å². The fourth-order valence-corrected chi connectivity index (χ4v) is 2.46. The summed E-state index contributed by atoms with van der Waals surface area (Å²) in [5, 5.41) is 0. The van der Waals surface area contributed by atoms with Gasteiger partial charge in [-0.25, -0.2) is 9.78 Å². The van der Waals surface area contributed by atoms with E-state index in [1.165, 1.54) is 18.2 Å². The van der Waals surface area contributed by atoms with Crippen LogP contribution in [0.4, 0.5) is 0 Å². The molecule has 1 heterocycles. The predicted octanol–water partition coefficient (Wildman–Crippen LogP) is 3.44. The van der Waals surface area contributed by atoms with Gasteiger partial charge in [0.1, 0.15) is 0 Å². The van der Waals surface area contributed by atoms with E-state index in [1.807, 2.05) is 35.0 Å². The van der Waals surface area contributed by atoms with Crippen molar-refractivity contribution in [1.82, 2.24) is 9.55 Å². The molecule has 0 aliphatic carbocycles. The fraction of sp³-hybridized carbons (Fsp3) is 0.158. The minimum Gasteiger partial charge on any atom is -0.465 e. The lowest BCUT2D eigenvalue weighted by Gasteiger charge is -2.06. The molecule has 4 heteroatoms. The molecule has 0 aliphatic rings. The summed E-state index contributed by atoms with van der Waals surface area (Å²) in [6.07, 6.45) is 7.38. The first kappa shape index (κ1) is 15.0. The second kappa shape index (κ2) is 6.92. The molecule has 0 radical (unpaired) electrons. The van der Waals surface area contributed by atoms with E-state index in [0.29, 0.717) is 5.56 Å². The second-order valence-electron chi connectivity index (χ2n) is 5.32. The van der Waals surface area contributed by atoms with Crippen LogP contribution in [0.1, 0.15) is 21.5 Å². The first-order valence-electron chi connectivity index (χ1n) is 7.51. The van der Waals surface area contributed by atoms with Crippen LogP contribution in [0, 0.1) is 0 Å². The highest BCUT2D eigenvalue weighted by Crippen LogP contribution is 2.13. The van der Waals surface area contributed by atoms with E-state index in [9.17, 15) is 4.79 Å². The van der Waals surface area contributed by atoms with E-state index in [2.05, 4.69) is 29.2 Å². The van der Waals surface area contributed by atoms with Gasteiger partial charge in [0.05, 0.1) is 19.0 Å². The van der Waals surface area contributed by atoms with Crippen molar-refractivity contribution in [3.63, 3.8) is 0 Å². The summed E-state index contributed by atoms with van der Waals surface area (Å²) in [4.78, 5) is 15.5. The molecule has 0 spiro atoms. The normalized spacial score (nSPS) is 10.5. The fourth-order valence-electron chi connectivity index (χ4n) is 2.46. The number of esters is 1. The van der Waals surface area contributed by atoms with Crippen LogP contribution in [0.15, 0.2) is 67.3 Å². The Bertz CT molecular complexity index is 760. The summed E-state index contributed by atoms with van der Waals surface area (Å²) >= 11 is 0. The molecular formula is C19H18N2O2. The molecule has 0 unspecified atom stereocenters. The maximum Gasteiger partial charge on any atom is 0.337 e. The third kappa shape index (κ3) is 3.66. The van der Waals surface area contributed by atoms with Crippen molar-refractivity contribution in [1.29, 1.82) is 0 Å². The van der Waals surface area contributed by atoms with Crippen LogP contribution in [-0.4, -0.2) is 22.6 Å². The Morgan fingerprint density at radius 3 is 2.13 bits per heavy atom. The van der Waals surface area contributed by atoms with Crippen LogP contribution in [0.5, 0.6) is 0 Å². The first-order valence-corrected chi connectivity index (χ1v) is 7.51. The minimum atomic E-state index is -0.299. The average Bonchev–Trinajstić information content (AvgIpc) is 3.15. The molecule has 0 fully saturated rings. The van der Waals surface area contributed by atoms with Gasteiger partial charge in [-0.05, 0) is 48.2 Å². The van der Waals surface area contributed by atoms with Gasteiger partial charge < -0.3 is 9.30 Å². The van der Waals surface area contributed by atoms with Gasteiger partial charge in [-0.15, -0.1) is 0 Å². The topological polar surface area (TPSA) is 44.1 Å². The number of nitrogens with zero attached hydrogens (tertiary/aromatic N) is 2. The monoisotopic (exact) mass is 306 g/mol. The minimum absolute atomic E-state index is 0.299. The van der Waals surface area contributed by atoms with Gasteiger partial charge in [0.2, 0.25) is 0 Å². The number of benzene rings is 2. The summed E-state index contributed by atoms with van der Waals surface area (Å²) < 4.78 is 6.68. The first-order chi connectivity index (χ1) is 11.3. The number of imidazole rings is 1. The lowest BCUT2D eigenvalue weighted by atomic mass is 10.0. The van der Waals surface area contributed by atoms with Gasteiger partial charge in [0, 0.05) is 18.1 Å². The maximum absolute atomic E-state index is 11.4. The zero-order valence-corrected chi connectivity index (χ0v) is 13.0. The molecule has 0 aliphatic heterocycles. The molecule has 3 rings (SSSR count). The number of carbonyl (C=O) groups excluding carboxylic acids is 1. The number of carbonyl (C=O) groups is 1. The molecule has 0 saturated heterocycles. The largest absolute Gasteiger partial charge is 0.465 e. The summed E-state index contributed by atoms with van der Waals surface area (Å²) in [5.74, 6) is -0.299. The molecule has 2 aromatic carbocycles. The van der Waals surface area contributed by atoms with E-state index < -0.39 is 0 Å².